The van der Waals surface area contributed by atoms with Crippen molar-refractivity contribution in [2.24, 2.45) is 0 Å². The van der Waals surface area contributed by atoms with Crippen LogP contribution < -0.4 is 5.56 Å². The van der Waals surface area contributed by atoms with Crippen LogP contribution >= 0.6 is 11.3 Å². The standard InChI is InChI=1S/C17H17N3O2S/c1-11-4-5-12(23-11)9-20-7-6-14-13(10-20)17(21)19-16(18-14)15-3-2-8-22-15/h2-5,8H,6-7,9-10H2,1H3,(H,18,19,21). The van der Waals surface area contributed by atoms with Crippen molar-refractivity contribution < 1.29 is 4.42 Å². The lowest BCUT2D eigenvalue weighted by atomic mass is 10.1. The number of nitrogens with zero attached hydrogens (tertiary/aromatic N) is 2. The predicted octanol–water partition coefficient (Wildman–Crippen LogP) is 2.96. The molecular weight excluding hydrogens is 310 g/mol. The van der Waals surface area contributed by atoms with E-state index in [-0.39, 0.29) is 5.56 Å². The predicted molar refractivity (Wildman–Crippen MR) is 89.4 cm³/mol. The topological polar surface area (TPSA) is 62.1 Å². The SMILES string of the molecule is Cc1ccc(CN2CCc3nc(-c4ccco4)[nH]c(=O)c3C2)s1. The Hall–Kier alpha value is -2.18. The summed E-state index contributed by atoms with van der Waals surface area (Å²) in [6, 6.07) is 7.90. The molecule has 3 aromatic heterocycles. The average molecular weight is 327 g/mol. The van der Waals surface area contributed by atoms with Gasteiger partial charge in [-0.3, -0.25) is 9.69 Å². The van der Waals surface area contributed by atoms with Gasteiger partial charge in [0.05, 0.1) is 17.5 Å². The summed E-state index contributed by atoms with van der Waals surface area (Å²) < 4.78 is 5.33. The molecule has 0 saturated heterocycles. The third-order valence-corrected chi connectivity index (χ3v) is 5.06. The summed E-state index contributed by atoms with van der Waals surface area (Å²) in [4.78, 5) is 24.8. The molecule has 0 radical (unpaired) electrons. The van der Waals surface area contributed by atoms with Gasteiger partial charge < -0.3 is 9.40 Å². The van der Waals surface area contributed by atoms with Crippen molar-refractivity contribution in [1.29, 1.82) is 0 Å². The highest BCUT2D eigenvalue weighted by molar-refractivity contribution is 7.11. The molecule has 5 nitrogen and oxygen atoms in total. The van der Waals surface area contributed by atoms with Gasteiger partial charge in [-0.2, -0.15) is 0 Å². The van der Waals surface area contributed by atoms with Crippen LogP contribution in [0.4, 0.5) is 0 Å². The lowest BCUT2D eigenvalue weighted by molar-refractivity contribution is 0.244. The molecule has 4 rings (SSSR count). The van der Waals surface area contributed by atoms with Crippen LogP contribution in [0.1, 0.15) is 21.0 Å². The van der Waals surface area contributed by atoms with Gasteiger partial charge >= 0.3 is 0 Å². The van der Waals surface area contributed by atoms with Crippen molar-refractivity contribution in [3.8, 4) is 11.6 Å². The van der Waals surface area contributed by atoms with Gasteiger partial charge in [0, 0.05) is 35.8 Å². The van der Waals surface area contributed by atoms with E-state index in [2.05, 4.69) is 33.9 Å². The molecule has 0 atom stereocenters. The second-order valence-electron chi connectivity index (χ2n) is 5.79. The Morgan fingerprint density at radius 1 is 1.39 bits per heavy atom. The summed E-state index contributed by atoms with van der Waals surface area (Å²) in [5, 5.41) is 0. The average Bonchev–Trinajstić information content (AvgIpc) is 3.20. The monoisotopic (exact) mass is 327 g/mol. The fourth-order valence-corrected chi connectivity index (χ4v) is 3.87. The maximum atomic E-state index is 12.4. The van der Waals surface area contributed by atoms with Crippen molar-refractivity contribution in [3.63, 3.8) is 0 Å². The first-order valence-corrected chi connectivity index (χ1v) is 8.44. The number of rotatable bonds is 3. The van der Waals surface area contributed by atoms with Gasteiger partial charge in [0.15, 0.2) is 11.6 Å². The van der Waals surface area contributed by atoms with E-state index in [0.29, 0.717) is 18.1 Å². The number of hydrogen-bond acceptors (Lipinski definition) is 5. The molecule has 3 aromatic rings. The summed E-state index contributed by atoms with van der Waals surface area (Å²) in [7, 11) is 0. The molecule has 0 fully saturated rings. The van der Waals surface area contributed by atoms with Gasteiger partial charge in [0.2, 0.25) is 0 Å². The molecule has 6 heteroatoms. The van der Waals surface area contributed by atoms with Crippen molar-refractivity contribution in [1.82, 2.24) is 14.9 Å². The highest BCUT2D eigenvalue weighted by Gasteiger charge is 2.22. The summed E-state index contributed by atoms with van der Waals surface area (Å²) >= 11 is 1.81. The molecule has 1 N–H and O–H groups in total. The third-order valence-electron chi connectivity index (χ3n) is 4.08. The molecule has 0 aromatic carbocycles. The van der Waals surface area contributed by atoms with E-state index < -0.39 is 0 Å². The van der Waals surface area contributed by atoms with Gasteiger partial charge in [-0.1, -0.05) is 0 Å². The number of hydrogen-bond donors (Lipinski definition) is 1. The van der Waals surface area contributed by atoms with Crippen LogP contribution in [-0.2, 0) is 19.5 Å². The van der Waals surface area contributed by atoms with E-state index in [9.17, 15) is 4.79 Å². The van der Waals surface area contributed by atoms with E-state index in [1.807, 2.05) is 11.3 Å². The number of aryl methyl sites for hydroxylation is 1. The summed E-state index contributed by atoms with van der Waals surface area (Å²) in [6.45, 7) is 4.56. The van der Waals surface area contributed by atoms with E-state index in [0.717, 1.165) is 30.8 Å². The molecular formula is C17H17N3O2S. The molecule has 0 unspecified atom stereocenters. The lowest BCUT2D eigenvalue weighted by Crippen LogP contribution is -2.35. The molecule has 0 bridgehead atoms. The number of aromatic nitrogens is 2. The minimum absolute atomic E-state index is 0.0616. The van der Waals surface area contributed by atoms with Crippen LogP contribution in [0.15, 0.2) is 39.7 Å². The minimum atomic E-state index is -0.0616. The van der Waals surface area contributed by atoms with Crippen molar-refractivity contribution in [2.75, 3.05) is 6.54 Å². The molecule has 23 heavy (non-hydrogen) atoms. The maximum Gasteiger partial charge on any atom is 0.256 e. The first-order chi connectivity index (χ1) is 11.2. The van der Waals surface area contributed by atoms with Crippen molar-refractivity contribution >= 4 is 11.3 Å². The number of aromatic amines is 1. The number of furan rings is 1. The second kappa shape index (κ2) is 5.79. The largest absolute Gasteiger partial charge is 0.461 e. The molecule has 0 spiro atoms. The first kappa shape index (κ1) is 14.4. The molecule has 0 aliphatic carbocycles. The molecule has 4 heterocycles. The van der Waals surface area contributed by atoms with Gasteiger partial charge in [-0.15, -0.1) is 11.3 Å². The van der Waals surface area contributed by atoms with Crippen molar-refractivity contribution in [3.05, 3.63) is 61.9 Å². The number of nitrogens with one attached hydrogen (secondary N) is 1. The quantitative estimate of drug-likeness (QED) is 0.803. The van der Waals surface area contributed by atoms with Crippen LogP contribution in [0.2, 0.25) is 0 Å². The summed E-state index contributed by atoms with van der Waals surface area (Å²) in [5.41, 5.74) is 1.60. The van der Waals surface area contributed by atoms with Crippen LogP contribution in [0, 0.1) is 6.92 Å². The normalized spacial score (nSPS) is 14.8. The zero-order valence-corrected chi connectivity index (χ0v) is 13.7. The van der Waals surface area contributed by atoms with Gasteiger partial charge in [0.25, 0.3) is 5.56 Å². The van der Waals surface area contributed by atoms with Gasteiger partial charge in [0.1, 0.15) is 0 Å². The van der Waals surface area contributed by atoms with E-state index in [4.69, 9.17) is 4.42 Å². The molecule has 0 saturated carbocycles. The van der Waals surface area contributed by atoms with Crippen LogP contribution in [0.25, 0.3) is 11.6 Å². The molecule has 0 amide bonds. The molecule has 1 aliphatic heterocycles. The van der Waals surface area contributed by atoms with E-state index in [1.54, 1.807) is 18.4 Å². The highest BCUT2D eigenvalue weighted by Crippen LogP contribution is 2.22. The van der Waals surface area contributed by atoms with Crippen molar-refractivity contribution in [2.45, 2.75) is 26.4 Å². The number of H-pyrrole nitrogens is 1. The van der Waals surface area contributed by atoms with E-state index in [1.165, 1.54) is 9.75 Å². The summed E-state index contributed by atoms with van der Waals surface area (Å²) in [6.07, 6.45) is 2.37. The van der Waals surface area contributed by atoms with Crippen LogP contribution in [-0.4, -0.2) is 21.4 Å². The zero-order valence-electron chi connectivity index (χ0n) is 12.8. The summed E-state index contributed by atoms with van der Waals surface area (Å²) in [5.74, 6) is 1.11. The lowest BCUT2D eigenvalue weighted by Gasteiger charge is -2.27. The first-order valence-electron chi connectivity index (χ1n) is 7.62. The van der Waals surface area contributed by atoms with Crippen LogP contribution in [0.3, 0.4) is 0 Å². The van der Waals surface area contributed by atoms with Crippen LogP contribution in [0.5, 0.6) is 0 Å². The fraction of sp³-hybridized carbons (Fsp3) is 0.294. The van der Waals surface area contributed by atoms with E-state index >= 15 is 0 Å². The Labute approximate surface area is 137 Å². The second-order valence-corrected chi connectivity index (χ2v) is 7.16. The Morgan fingerprint density at radius 2 is 2.30 bits per heavy atom. The number of thiophene rings is 1. The fourth-order valence-electron chi connectivity index (χ4n) is 2.94. The smallest absolute Gasteiger partial charge is 0.256 e. The molecule has 1 aliphatic rings. The van der Waals surface area contributed by atoms with Gasteiger partial charge in [-0.25, -0.2) is 4.98 Å². The Morgan fingerprint density at radius 3 is 3.04 bits per heavy atom. The zero-order chi connectivity index (χ0) is 15.8. The number of fused-ring (bicyclic) bond motifs is 1. The maximum absolute atomic E-state index is 12.4. The molecule has 118 valence electrons. The minimum Gasteiger partial charge on any atom is -0.461 e. The highest BCUT2D eigenvalue weighted by atomic mass is 32.1. The Balaban J connectivity index is 1.59. The Kier molecular flexibility index (Phi) is 3.63. The Bertz CT molecular complexity index is 880. The van der Waals surface area contributed by atoms with Gasteiger partial charge in [-0.05, 0) is 31.2 Å². The third kappa shape index (κ3) is 2.87.